The average Bonchev–Trinajstić information content (AvgIpc) is 2.38. The van der Waals surface area contributed by atoms with Crippen LogP contribution in [0.4, 0.5) is 5.69 Å². The van der Waals surface area contributed by atoms with Crippen LogP contribution in [0.25, 0.3) is 0 Å². The second-order valence-electron chi connectivity index (χ2n) is 4.49. The van der Waals surface area contributed by atoms with Gasteiger partial charge in [-0.1, -0.05) is 19.1 Å². The Morgan fingerprint density at radius 3 is 2.71 bits per heavy atom. The molecule has 0 aliphatic carbocycles. The van der Waals surface area contributed by atoms with E-state index < -0.39 is 0 Å². The van der Waals surface area contributed by atoms with E-state index in [0.29, 0.717) is 5.92 Å². The predicted octanol–water partition coefficient (Wildman–Crippen LogP) is 3.00. The molecule has 1 aliphatic heterocycles. The summed E-state index contributed by atoms with van der Waals surface area (Å²) in [4.78, 5) is 0. The summed E-state index contributed by atoms with van der Waals surface area (Å²) in [5.74, 6) is 1.47. The smallest absolute Gasteiger partial charge is 0.142 e. The Morgan fingerprint density at radius 2 is 2.07 bits per heavy atom. The summed E-state index contributed by atoms with van der Waals surface area (Å²) >= 11 is 0. The standard InChI is InChI=1S/C12H17NO/c1-8-9-6-5-7-10(14-4)11(9)13-12(8,2)3/h5-8,13H,1-4H3. The van der Waals surface area contributed by atoms with Crippen molar-refractivity contribution in [2.45, 2.75) is 32.2 Å². The van der Waals surface area contributed by atoms with Crippen LogP contribution in [0, 0.1) is 0 Å². The Kier molecular flexibility index (Phi) is 1.95. The van der Waals surface area contributed by atoms with Gasteiger partial charge in [0.2, 0.25) is 0 Å². The lowest BCUT2D eigenvalue weighted by atomic mass is 9.88. The number of anilines is 1. The Labute approximate surface area is 85.3 Å². The van der Waals surface area contributed by atoms with E-state index in [2.05, 4.69) is 38.2 Å². The molecule has 0 aromatic heterocycles. The van der Waals surface area contributed by atoms with Crippen molar-refractivity contribution >= 4 is 5.69 Å². The molecule has 76 valence electrons. The zero-order chi connectivity index (χ0) is 10.3. The largest absolute Gasteiger partial charge is 0.495 e. The summed E-state index contributed by atoms with van der Waals surface area (Å²) in [7, 11) is 1.72. The molecule has 1 aliphatic rings. The number of rotatable bonds is 1. The quantitative estimate of drug-likeness (QED) is 0.736. The molecule has 1 heterocycles. The zero-order valence-corrected chi connectivity index (χ0v) is 9.22. The van der Waals surface area contributed by atoms with Crippen LogP contribution < -0.4 is 10.1 Å². The number of nitrogens with one attached hydrogen (secondary N) is 1. The summed E-state index contributed by atoms with van der Waals surface area (Å²) in [5, 5.41) is 3.52. The molecular weight excluding hydrogens is 174 g/mol. The van der Waals surface area contributed by atoms with Crippen molar-refractivity contribution < 1.29 is 4.74 Å². The lowest BCUT2D eigenvalue weighted by Gasteiger charge is -2.24. The fourth-order valence-electron chi connectivity index (χ4n) is 2.03. The molecule has 1 N–H and O–H groups in total. The lowest BCUT2D eigenvalue weighted by Crippen LogP contribution is -2.30. The predicted molar refractivity (Wildman–Crippen MR) is 59.1 cm³/mol. The van der Waals surface area contributed by atoms with Gasteiger partial charge in [-0.05, 0) is 25.5 Å². The summed E-state index contributed by atoms with van der Waals surface area (Å²) in [5.41, 5.74) is 2.64. The molecule has 1 aromatic rings. The van der Waals surface area contributed by atoms with Crippen molar-refractivity contribution in [1.82, 2.24) is 0 Å². The van der Waals surface area contributed by atoms with Crippen LogP contribution in [0.3, 0.4) is 0 Å². The van der Waals surface area contributed by atoms with Gasteiger partial charge in [0.1, 0.15) is 5.75 Å². The summed E-state index contributed by atoms with van der Waals surface area (Å²) in [6.45, 7) is 6.69. The van der Waals surface area contributed by atoms with Crippen LogP contribution in [0.15, 0.2) is 18.2 Å². The molecule has 1 unspecified atom stereocenters. The third-order valence-corrected chi connectivity index (χ3v) is 3.27. The molecule has 0 spiro atoms. The Morgan fingerprint density at radius 1 is 1.36 bits per heavy atom. The Bertz CT molecular complexity index is 357. The first-order valence-corrected chi connectivity index (χ1v) is 5.01. The third-order valence-electron chi connectivity index (χ3n) is 3.27. The van der Waals surface area contributed by atoms with Crippen molar-refractivity contribution in [3.8, 4) is 5.75 Å². The SMILES string of the molecule is COc1cccc2c1NC(C)(C)C2C. The van der Waals surface area contributed by atoms with Gasteiger partial charge in [-0.3, -0.25) is 0 Å². The van der Waals surface area contributed by atoms with E-state index in [4.69, 9.17) is 4.74 Å². The van der Waals surface area contributed by atoms with E-state index in [1.807, 2.05) is 6.07 Å². The highest BCUT2D eigenvalue weighted by molar-refractivity contribution is 5.69. The van der Waals surface area contributed by atoms with Crippen molar-refractivity contribution in [2.24, 2.45) is 0 Å². The fraction of sp³-hybridized carbons (Fsp3) is 0.500. The Hall–Kier alpha value is -1.18. The van der Waals surface area contributed by atoms with Gasteiger partial charge in [-0.25, -0.2) is 0 Å². The molecule has 0 fully saturated rings. The second-order valence-corrected chi connectivity index (χ2v) is 4.49. The third kappa shape index (κ3) is 1.17. The minimum Gasteiger partial charge on any atom is -0.495 e. The van der Waals surface area contributed by atoms with Gasteiger partial charge in [0.25, 0.3) is 0 Å². The minimum atomic E-state index is 0.122. The van der Waals surface area contributed by atoms with Crippen LogP contribution in [-0.2, 0) is 0 Å². The van der Waals surface area contributed by atoms with Crippen LogP contribution in [0.1, 0.15) is 32.3 Å². The van der Waals surface area contributed by atoms with Gasteiger partial charge in [0, 0.05) is 11.5 Å². The summed E-state index contributed by atoms with van der Waals surface area (Å²) in [6, 6.07) is 6.22. The number of methoxy groups -OCH3 is 1. The highest BCUT2D eigenvalue weighted by Gasteiger charge is 2.36. The number of para-hydroxylation sites is 1. The fourth-order valence-corrected chi connectivity index (χ4v) is 2.03. The number of benzene rings is 1. The minimum absolute atomic E-state index is 0.122. The van der Waals surface area contributed by atoms with Crippen LogP contribution in [0.2, 0.25) is 0 Å². The van der Waals surface area contributed by atoms with Crippen LogP contribution in [-0.4, -0.2) is 12.6 Å². The maximum absolute atomic E-state index is 5.34. The first kappa shape index (κ1) is 9.38. The van der Waals surface area contributed by atoms with E-state index >= 15 is 0 Å². The second kappa shape index (κ2) is 2.91. The first-order valence-electron chi connectivity index (χ1n) is 5.01. The van der Waals surface area contributed by atoms with Crippen molar-refractivity contribution in [3.05, 3.63) is 23.8 Å². The summed E-state index contributed by atoms with van der Waals surface area (Å²) in [6.07, 6.45) is 0. The lowest BCUT2D eigenvalue weighted by molar-refractivity contribution is 0.416. The first-order chi connectivity index (χ1) is 6.56. The maximum Gasteiger partial charge on any atom is 0.142 e. The molecule has 2 nitrogen and oxygen atoms in total. The van der Waals surface area contributed by atoms with Crippen LogP contribution in [0.5, 0.6) is 5.75 Å². The number of hydrogen-bond acceptors (Lipinski definition) is 2. The van der Waals surface area contributed by atoms with Gasteiger partial charge in [-0.15, -0.1) is 0 Å². The van der Waals surface area contributed by atoms with E-state index in [-0.39, 0.29) is 5.54 Å². The van der Waals surface area contributed by atoms with Crippen LogP contribution >= 0.6 is 0 Å². The number of ether oxygens (including phenoxy) is 1. The van der Waals surface area contributed by atoms with E-state index in [1.54, 1.807) is 7.11 Å². The molecule has 0 amide bonds. The molecule has 14 heavy (non-hydrogen) atoms. The molecule has 0 bridgehead atoms. The van der Waals surface area contributed by atoms with Gasteiger partial charge in [0.05, 0.1) is 12.8 Å². The van der Waals surface area contributed by atoms with Gasteiger partial charge < -0.3 is 10.1 Å². The van der Waals surface area contributed by atoms with Crippen molar-refractivity contribution in [2.75, 3.05) is 12.4 Å². The highest BCUT2D eigenvalue weighted by atomic mass is 16.5. The highest BCUT2D eigenvalue weighted by Crippen LogP contribution is 2.46. The van der Waals surface area contributed by atoms with Gasteiger partial charge in [0.15, 0.2) is 0 Å². The van der Waals surface area contributed by atoms with Gasteiger partial charge in [-0.2, -0.15) is 0 Å². The van der Waals surface area contributed by atoms with Gasteiger partial charge >= 0.3 is 0 Å². The molecule has 2 heteroatoms. The number of hydrogen-bond donors (Lipinski definition) is 1. The monoisotopic (exact) mass is 191 g/mol. The van der Waals surface area contributed by atoms with Crippen molar-refractivity contribution in [3.63, 3.8) is 0 Å². The maximum atomic E-state index is 5.34. The zero-order valence-electron chi connectivity index (χ0n) is 9.22. The molecule has 1 atom stereocenters. The Balaban J connectivity index is 2.53. The van der Waals surface area contributed by atoms with E-state index in [0.717, 1.165) is 11.4 Å². The molecule has 0 saturated heterocycles. The van der Waals surface area contributed by atoms with E-state index in [1.165, 1.54) is 5.56 Å². The van der Waals surface area contributed by atoms with Crippen molar-refractivity contribution in [1.29, 1.82) is 0 Å². The molecule has 2 rings (SSSR count). The van der Waals surface area contributed by atoms with E-state index in [9.17, 15) is 0 Å². The molecule has 0 saturated carbocycles. The normalized spacial score (nSPS) is 22.7. The molecular formula is C12H17NO. The summed E-state index contributed by atoms with van der Waals surface area (Å²) < 4.78 is 5.34. The number of fused-ring (bicyclic) bond motifs is 1. The average molecular weight is 191 g/mol. The molecule has 0 radical (unpaired) electrons. The molecule has 1 aromatic carbocycles. The topological polar surface area (TPSA) is 21.3 Å².